The van der Waals surface area contributed by atoms with E-state index in [9.17, 15) is 0 Å². The number of nitrogens with one attached hydrogen (secondary N) is 1. The van der Waals surface area contributed by atoms with Gasteiger partial charge in [-0.2, -0.15) is 5.10 Å². The first-order valence-corrected chi connectivity index (χ1v) is 5.38. The Morgan fingerprint density at radius 1 is 1.57 bits per heavy atom. The fourth-order valence-electron chi connectivity index (χ4n) is 1.74. The zero-order valence-corrected chi connectivity index (χ0v) is 8.96. The van der Waals surface area contributed by atoms with Crippen LogP contribution in [-0.4, -0.2) is 16.2 Å². The van der Waals surface area contributed by atoms with Gasteiger partial charge in [-0.1, -0.05) is 18.0 Å². The molecule has 1 aromatic rings. The third kappa shape index (κ3) is 2.15. The molecule has 14 heavy (non-hydrogen) atoms. The number of aromatic nitrogens is 2. The van der Waals surface area contributed by atoms with E-state index in [1.807, 2.05) is 6.07 Å². The second-order valence-electron chi connectivity index (χ2n) is 3.89. The Balaban J connectivity index is 1.95. The van der Waals surface area contributed by atoms with Gasteiger partial charge in [-0.15, -0.1) is 5.10 Å². The van der Waals surface area contributed by atoms with Crippen molar-refractivity contribution in [1.29, 1.82) is 0 Å². The van der Waals surface area contributed by atoms with Crippen molar-refractivity contribution >= 4 is 17.3 Å². The molecule has 1 heterocycles. The highest BCUT2D eigenvalue weighted by molar-refractivity contribution is 6.29. The Bertz CT molecular complexity index is 312. The summed E-state index contributed by atoms with van der Waals surface area (Å²) in [7, 11) is 0. The van der Waals surface area contributed by atoms with Gasteiger partial charge >= 0.3 is 0 Å². The first-order valence-electron chi connectivity index (χ1n) is 5.00. The van der Waals surface area contributed by atoms with Crippen LogP contribution in [0.2, 0.25) is 5.15 Å². The van der Waals surface area contributed by atoms with Crippen molar-refractivity contribution in [2.75, 3.05) is 5.32 Å². The van der Waals surface area contributed by atoms with Crippen LogP contribution in [0.5, 0.6) is 0 Å². The van der Waals surface area contributed by atoms with Crippen LogP contribution in [0.1, 0.15) is 26.2 Å². The summed E-state index contributed by atoms with van der Waals surface area (Å²) < 4.78 is 0. The van der Waals surface area contributed by atoms with Crippen molar-refractivity contribution in [2.45, 2.75) is 32.2 Å². The average molecular weight is 212 g/mol. The van der Waals surface area contributed by atoms with Gasteiger partial charge in [-0.3, -0.25) is 0 Å². The Labute approximate surface area is 88.9 Å². The van der Waals surface area contributed by atoms with Crippen LogP contribution in [0.3, 0.4) is 0 Å². The molecule has 0 spiro atoms. The van der Waals surface area contributed by atoms with Crippen LogP contribution < -0.4 is 5.32 Å². The lowest BCUT2D eigenvalue weighted by atomic mass is 9.80. The van der Waals surface area contributed by atoms with Gasteiger partial charge in [0.1, 0.15) is 0 Å². The van der Waals surface area contributed by atoms with Gasteiger partial charge in [0, 0.05) is 12.1 Å². The number of anilines is 1. The van der Waals surface area contributed by atoms with E-state index < -0.39 is 0 Å². The molecule has 1 atom stereocenters. The lowest BCUT2D eigenvalue weighted by Gasteiger charge is -2.32. The maximum absolute atomic E-state index is 5.74. The molecule has 1 unspecified atom stereocenters. The molecule has 1 fully saturated rings. The largest absolute Gasteiger partial charge is 0.381 e. The summed E-state index contributed by atoms with van der Waals surface area (Å²) in [5.74, 6) is 0.807. The highest BCUT2D eigenvalue weighted by Crippen LogP contribution is 2.30. The number of hydrogen-bond acceptors (Lipinski definition) is 3. The van der Waals surface area contributed by atoms with Crippen LogP contribution in [0.4, 0.5) is 5.69 Å². The van der Waals surface area contributed by atoms with Gasteiger partial charge in [-0.25, -0.2) is 0 Å². The molecule has 1 aromatic heterocycles. The standard InChI is InChI=1S/C10H14ClN3/c1-7(8-3-2-4-8)13-9-5-10(11)14-12-6-9/h5-8H,2-4H2,1H3,(H,13,14). The van der Waals surface area contributed by atoms with Crippen molar-refractivity contribution in [3.05, 3.63) is 17.4 Å². The molecule has 0 aromatic carbocycles. The van der Waals surface area contributed by atoms with Gasteiger partial charge in [-0.05, 0) is 25.7 Å². The minimum absolute atomic E-state index is 0.441. The van der Waals surface area contributed by atoms with Crippen LogP contribution in [0, 0.1) is 5.92 Å². The number of hydrogen-bond donors (Lipinski definition) is 1. The Morgan fingerprint density at radius 3 is 2.93 bits per heavy atom. The van der Waals surface area contributed by atoms with Crippen molar-refractivity contribution in [3.8, 4) is 0 Å². The molecule has 3 nitrogen and oxygen atoms in total. The van der Waals surface area contributed by atoms with E-state index in [0.717, 1.165) is 11.6 Å². The molecule has 0 saturated heterocycles. The average Bonchev–Trinajstić information content (AvgIpc) is 1.99. The van der Waals surface area contributed by atoms with Crippen LogP contribution in [-0.2, 0) is 0 Å². The SMILES string of the molecule is CC(Nc1cnnc(Cl)c1)C1CCC1. The molecule has 1 saturated carbocycles. The predicted octanol–water partition coefficient (Wildman–Crippen LogP) is 2.73. The fraction of sp³-hybridized carbons (Fsp3) is 0.600. The molecule has 0 amide bonds. The third-order valence-corrected chi connectivity index (χ3v) is 3.06. The molecule has 1 aliphatic carbocycles. The molecular weight excluding hydrogens is 198 g/mol. The Kier molecular flexibility index (Phi) is 2.87. The second-order valence-corrected chi connectivity index (χ2v) is 4.28. The molecule has 4 heteroatoms. The topological polar surface area (TPSA) is 37.8 Å². The monoisotopic (exact) mass is 211 g/mol. The van der Waals surface area contributed by atoms with E-state index in [2.05, 4.69) is 22.4 Å². The normalized spacial score (nSPS) is 18.7. The van der Waals surface area contributed by atoms with Crippen LogP contribution >= 0.6 is 11.6 Å². The summed E-state index contributed by atoms with van der Waals surface area (Å²) in [4.78, 5) is 0. The number of rotatable bonds is 3. The zero-order chi connectivity index (χ0) is 9.97. The minimum Gasteiger partial charge on any atom is -0.381 e. The summed E-state index contributed by atoms with van der Waals surface area (Å²) in [5.41, 5.74) is 0.962. The number of nitrogens with zero attached hydrogens (tertiary/aromatic N) is 2. The zero-order valence-electron chi connectivity index (χ0n) is 8.20. The van der Waals surface area contributed by atoms with Gasteiger partial charge in [0.15, 0.2) is 5.15 Å². The van der Waals surface area contributed by atoms with Gasteiger partial charge in [0.25, 0.3) is 0 Å². The first-order chi connectivity index (χ1) is 6.75. The Morgan fingerprint density at radius 2 is 2.36 bits per heavy atom. The summed E-state index contributed by atoms with van der Waals surface area (Å²) in [5, 5.41) is 11.3. The maximum atomic E-state index is 5.74. The molecule has 76 valence electrons. The van der Waals surface area contributed by atoms with Crippen molar-refractivity contribution in [3.63, 3.8) is 0 Å². The third-order valence-electron chi connectivity index (χ3n) is 2.88. The van der Waals surface area contributed by atoms with Gasteiger partial charge < -0.3 is 5.32 Å². The smallest absolute Gasteiger partial charge is 0.153 e. The van der Waals surface area contributed by atoms with Crippen LogP contribution in [0.25, 0.3) is 0 Å². The number of halogens is 1. The fourth-order valence-corrected chi connectivity index (χ4v) is 1.90. The predicted molar refractivity (Wildman–Crippen MR) is 57.5 cm³/mol. The quantitative estimate of drug-likeness (QED) is 0.836. The maximum Gasteiger partial charge on any atom is 0.153 e. The van der Waals surface area contributed by atoms with E-state index in [-0.39, 0.29) is 0 Å². The minimum atomic E-state index is 0.441. The van der Waals surface area contributed by atoms with Gasteiger partial charge in [0.2, 0.25) is 0 Å². The van der Waals surface area contributed by atoms with E-state index in [1.54, 1.807) is 6.20 Å². The summed E-state index contributed by atoms with van der Waals surface area (Å²) in [6.07, 6.45) is 5.74. The molecule has 0 bridgehead atoms. The van der Waals surface area contributed by atoms with E-state index >= 15 is 0 Å². The summed E-state index contributed by atoms with van der Waals surface area (Å²) >= 11 is 5.74. The molecule has 2 rings (SSSR count). The first kappa shape index (κ1) is 9.71. The highest BCUT2D eigenvalue weighted by atomic mass is 35.5. The van der Waals surface area contributed by atoms with Crippen molar-refractivity contribution in [1.82, 2.24) is 10.2 Å². The summed E-state index contributed by atoms with van der Waals surface area (Å²) in [6, 6.07) is 2.31. The van der Waals surface area contributed by atoms with E-state index in [1.165, 1.54) is 19.3 Å². The lowest BCUT2D eigenvalue weighted by molar-refractivity contribution is 0.285. The Hall–Kier alpha value is -0.830. The highest BCUT2D eigenvalue weighted by Gasteiger charge is 2.23. The molecule has 1 aliphatic rings. The summed E-state index contributed by atoms with van der Waals surface area (Å²) in [6.45, 7) is 2.21. The van der Waals surface area contributed by atoms with Crippen LogP contribution in [0.15, 0.2) is 12.3 Å². The van der Waals surface area contributed by atoms with E-state index in [4.69, 9.17) is 11.6 Å². The molecule has 0 aliphatic heterocycles. The van der Waals surface area contributed by atoms with Gasteiger partial charge in [0.05, 0.1) is 11.9 Å². The molecular formula is C10H14ClN3. The second kappa shape index (κ2) is 4.13. The van der Waals surface area contributed by atoms with Crippen molar-refractivity contribution in [2.24, 2.45) is 5.92 Å². The molecule has 1 N–H and O–H groups in total. The van der Waals surface area contributed by atoms with E-state index in [0.29, 0.717) is 11.2 Å². The van der Waals surface area contributed by atoms with Crippen molar-refractivity contribution < 1.29 is 0 Å². The molecule has 0 radical (unpaired) electrons. The lowest BCUT2D eigenvalue weighted by Crippen LogP contribution is -2.30.